The fourth-order valence-corrected chi connectivity index (χ4v) is 2.56. The molecule has 2 aromatic heterocycles. The molecule has 0 atom stereocenters. The second kappa shape index (κ2) is 7.59. The second-order valence-corrected chi connectivity index (χ2v) is 5.69. The maximum Gasteiger partial charge on any atom is 0.251 e. The minimum absolute atomic E-state index is 0.0820. The molecule has 0 bridgehead atoms. The summed E-state index contributed by atoms with van der Waals surface area (Å²) in [6.07, 6.45) is 7.26. The molecule has 0 radical (unpaired) electrons. The van der Waals surface area contributed by atoms with Crippen molar-refractivity contribution >= 4 is 5.91 Å². The predicted molar refractivity (Wildman–Crippen MR) is 93.5 cm³/mol. The third-order valence-corrected chi connectivity index (χ3v) is 3.81. The minimum Gasteiger partial charge on any atom is -0.464 e. The van der Waals surface area contributed by atoms with Crippen LogP contribution in [0.3, 0.4) is 0 Å². The molecule has 2 heterocycles. The van der Waals surface area contributed by atoms with Crippen molar-refractivity contribution in [2.24, 2.45) is 0 Å². The van der Waals surface area contributed by atoms with Gasteiger partial charge in [0.25, 0.3) is 5.91 Å². The highest BCUT2D eigenvalue weighted by Crippen LogP contribution is 2.19. The van der Waals surface area contributed by atoms with Gasteiger partial charge in [0.1, 0.15) is 5.76 Å². The second-order valence-electron chi connectivity index (χ2n) is 5.69. The molecule has 0 saturated carbocycles. The molecule has 1 amide bonds. The lowest BCUT2D eigenvalue weighted by Gasteiger charge is -2.07. The highest BCUT2D eigenvalue weighted by atomic mass is 16.3. The Bertz CT molecular complexity index is 793. The molecule has 0 saturated heterocycles. The van der Waals surface area contributed by atoms with E-state index in [2.05, 4.69) is 17.2 Å². The Morgan fingerprint density at radius 3 is 2.67 bits per heavy atom. The first-order valence-corrected chi connectivity index (χ1v) is 8.11. The molecule has 1 aromatic carbocycles. The number of carbonyl (C=O) groups is 1. The maximum absolute atomic E-state index is 12.3. The molecule has 0 spiro atoms. The van der Waals surface area contributed by atoms with E-state index in [1.54, 1.807) is 18.7 Å². The molecule has 1 N–H and O–H groups in total. The van der Waals surface area contributed by atoms with E-state index >= 15 is 0 Å². The van der Waals surface area contributed by atoms with Crippen LogP contribution in [0, 0.1) is 0 Å². The first-order valence-electron chi connectivity index (χ1n) is 8.11. The van der Waals surface area contributed by atoms with Gasteiger partial charge in [0, 0.05) is 30.1 Å². The number of amides is 1. The van der Waals surface area contributed by atoms with E-state index < -0.39 is 0 Å². The smallest absolute Gasteiger partial charge is 0.251 e. The molecule has 0 fully saturated rings. The van der Waals surface area contributed by atoms with E-state index in [-0.39, 0.29) is 5.91 Å². The lowest BCUT2D eigenvalue weighted by atomic mass is 10.1. The Balaban J connectivity index is 1.63. The number of rotatable bonds is 6. The average molecular weight is 320 g/mol. The lowest BCUT2D eigenvalue weighted by molar-refractivity contribution is 0.0951. The number of furan rings is 1. The normalized spacial score (nSPS) is 10.5. The van der Waals surface area contributed by atoms with Gasteiger partial charge in [-0.25, -0.2) is 0 Å². The molecular formula is C20H20N2O2. The third-order valence-electron chi connectivity index (χ3n) is 3.81. The number of nitrogens with zero attached hydrogens (tertiary/aromatic N) is 1. The first kappa shape index (κ1) is 16.0. The summed E-state index contributed by atoms with van der Waals surface area (Å²) >= 11 is 0. The molecule has 0 unspecified atom stereocenters. The zero-order valence-corrected chi connectivity index (χ0v) is 13.7. The van der Waals surface area contributed by atoms with Crippen molar-refractivity contribution in [2.45, 2.75) is 26.3 Å². The zero-order chi connectivity index (χ0) is 16.8. The summed E-state index contributed by atoms with van der Waals surface area (Å²) in [6.45, 7) is 2.57. The van der Waals surface area contributed by atoms with E-state index in [1.807, 2.05) is 42.5 Å². The summed E-state index contributed by atoms with van der Waals surface area (Å²) in [7, 11) is 0. The van der Waals surface area contributed by atoms with E-state index in [0.717, 1.165) is 29.7 Å². The van der Waals surface area contributed by atoms with Gasteiger partial charge in [-0.3, -0.25) is 9.78 Å². The number of hydrogen-bond acceptors (Lipinski definition) is 3. The maximum atomic E-state index is 12.3. The summed E-state index contributed by atoms with van der Waals surface area (Å²) in [5.41, 5.74) is 3.75. The molecule has 0 aliphatic heterocycles. The zero-order valence-electron chi connectivity index (χ0n) is 13.7. The van der Waals surface area contributed by atoms with Crippen molar-refractivity contribution in [1.82, 2.24) is 10.3 Å². The highest BCUT2D eigenvalue weighted by molar-refractivity contribution is 5.94. The van der Waals surface area contributed by atoms with Crippen LogP contribution in [0.5, 0.6) is 0 Å². The fourth-order valence-electron chi connectivity index (χ4n) is 2.56. The highest BCUT2D eigenvalue weighted by Gasteiger charge is 2.07. The Hall–Kier alpha value is -2.88. The Morgan fingerprint density at radius 2 is 1.96 bits per heavy atom. The number of aryl methyl sites for hydroxylation is 1. The minimum atomic E-state index is -0.0820. The van der Waals surface area contributed by atoms with Crippen LogP contribution in [0.4, 0.5) is 0 Å². The van der Waals surface area contributed by atoms with Crippen molar-refractivity contribution in [3.05, 3.63) is 77.8 Å². The van der Waals surface area contributed by atoms with Crippen molar-refractivity contribution < 1.29 is 9.21 Å². The van der Waals surface area contributed by atoms with Gasteiger partial charge in [0.15, 0.2) is 0 Å². The third kappa shape index (κ3) is 3.90. The van der Waals surface area contributed by atoms with Crippen molar-refractivity contribution in [3.8, 4) is 11.3 Å². The Morgan fingerprint density at radius 1 is 1.12 bits per heavy atom. The molecule has 3 aromatic rings. The van der Waals surface area contributed by atoms with E-state index in [4.69, 9.17) is 4.42 Å². The van der Waals surface area contributed by atoms with Gasteiger partial charge in [0.2, 0.25) is 0 Å². The van der Waals surface area contributed by atoms with Gasteiger partial charge in [-0.2, -0.15) is 0 Å². The summed E-state index contributed by atoms with van der Waals surface area (Å²) in [6, 6.07) is 13.5. The molecule has 0 aliphatic carbocycles. The largest absolute Gasteiger partial charge is 0.464 e. The van der Waals surface area contributed by atoms with Crippen LogP contribution in [-0.4, -0.2) is 10.9 Å². The molecule has 4 heteroatoms. The first-order chi connectivity index (χ1) is 11.8. The van der Waals surface area contributed by atoms with Crippen LogP contribution in [0.25, 0.3) is 11.3 Å². The lowest BCUT2D eigenvalue weighted by Crippen LogP contribution is -2.22. The molecular weight excluding hydrogens is 300 g/mol. The van der Waals surface area contributed by atoms with Crippen LogP contribution in [-0.2, 0) is 13.0 Å². The van der Waals surface area contributed by atoms with Gasteiger partial charge in [-0.15, -0.1) is 0 Å². The van der Waals surface area contributed by atoms with Gasteiger partial charge in [-0.1, -0.05) is 25.5 Å². The molecule has 4 nitrogen and oxygen atoms in total. The van der Waals surface area contributed by atoms with Crippen molar-refractivity contribution in [1.29, 1.82) is 0 Å². The monoisotopic (exact) mass is 320 g/mol. The van der Waals surface area contributed by atoms with Crippen LogP contribution in [0.2, 0.25) is 0 Å². The van der Waals surface area contributed by atoms with Gasteiger partial charge in [-0.05, 0) is 47.9 Å². The molecule has 122 valence electrons. The van der Waals surface area contributed by atoms with Gasteiger partial charge < -0.3 is 9.73 Å². The average Bonchev–Trinajstić information content (AvgIpc) is 3.16. The summed E-state index contributed by atoms with van der Waals surface area (Å²) in [5, 5.41) is 2.93. The van der Waals surface area contributed by atoms with Crippen LogP contribution in [0.15, 0.2) is 65.5 Å². The molecule has 24 heavy (non-hydrogen) atoms. The number of benzene rings is 1. The van der Waals surface area contributed by atoms with E-state index in [1.165, 1.54) is 5.56 Å². The topological polar surface area (TPSA) is 55.1 Å². The van der Waals surface area contributed by atoms with Crippen LogP contribution < -0.4 is 5.32 Å². The number of nitrogens with one attached hydrogen (secondary N) is 1. The van der Waals surface area contributed by atoms with E-state index in [0.29, 0.717) is 12.1 Å². The van der Waals surface area contributed by atoms with Crippen LogP contribution >= 0.6 is 0 Å². The Kier molecular flexibility index (Phi) is 5.06. The predicted octanol–water partition coefficient (Wildman–Crippen LogP) is 4.22. The van der Waals surface area contributed by atoms with E-state index in [9.17, 15) is 4.79 Å². The van der Waals surface area contributed by atoms with Crippen molar-refractivity contribution in [3.63, 3.8) is 0 Å². The summed E-state index contributed by atoms with van der Waals surface area (Å²) in [5.74, 6) is 0.684. The van der Waals surface area contributed by atoms with Crippen LogP contribution in [0.1, 0.15) is 34.8 Å². The van der Waals surface area contributed by atoms with Crippen molar-refractivity contribution in [2.75, 3.05) is 0 Å². The SMILES string of the molecule is CCCc1ccc(C(=O)NCc2cncc(-c3ccco3)c2)cc1. The fraction of sp³-hybridized carbons (Fsp3) is 0.200. The van der Waals surface area contributed by atoms with Gasteiger partial charge in [0.05, 0.1) is 6.26 Å². The summed E-state index contributed by atoms with van der Waals surface area (Å²) < 4.78 is 5.37. The quantitative estimate of drug-likeness (QED) is 0.739. The van der Waals surface area contributed by atoms with Gasteiger partial charge >= 0.3 is 0 Å². The standard InChI is InChI=1S/C20H20N2O2/c1-2-4-15-6-8-17(9-7-15)20(23)22-13-16-11-18(14-21-12-16)19-5-3-10-24-19/h3,5-12,14H,2,4,13H2,1H3,(H,22,23). The number of aromatic nitrogens is 1. The number of hydrogen-bond donors (Lipinski definition) is 1. The molecule has 0 aliphatic rings. The number of carbonyl (C=O) groups excluding carboxylic acids is 1. The Labute approximate surface area is 141 Å². The number of pyridine rings is 1. The summed E-state index contributed by atoms with van der Waals surface area (Å²) in [4.78, 5) is 16.5. The molecule has 3 rings (SSSR count).